The van der Waals surface area contributed by atoms with Gasteiger partial charge in [0.15, 0.2) is 0 Å². The van der Waals surface area contributed by atoms with Crippen molar-refractivity contribution in [1.29, 1.82) is 5.26 Å². The van der Waals surface area contributed by atoms with Crippen molar-refractivity contribution in [2.24, 2.45) is 0 Å². The molecule has 0 atom stereocenters. The molecule has 9 heteroatoms. The number of thiocarbonyl (C=S) groups is 1. The number of hydrogen-bond donors (Lipinski definition) is 0. The van der Waals surface area contributed by atoms with Crippen LogP contribution in [0.3, 0.4) is 0 Å². The predicted octanol–water partition coefficient (Wildman–Crippen LogP) is 3.33. The van der Waals surface area contributed by atoms with Crippen LogP contribution in [-0.2, 0) is 11.3 Å². The van der Waals surface area contributed by atoms with Gasteiger partial charge < -0.3 is 9.80 Å². The van der Waals surface area contributed by atoms with Crippen LogP contribution in [0.4, 0.5) is 5.82 Å². The van der Waals surface area contributed by atoms with Gasteiger partial charge >= 0.3 is 0 Å². The molecule has 0 radical (unpaired) electrons. The first kappa shape index (κ1) is 24.0. The number of nitriles is 1. The van der Waals surface area contributed by atoms with Crippen molar-refractivity contribution in [3.05, 3.63) is 31.9 Å². The molecule has 3 aliphatic rings. The maximum atomic E-state index is 13.4. The van der Waals surface area contributed by atoms with Crippen LogP contribution in [-0.4, -0.2) is 63.9 Å². The van der Waals surface area contributed by atoms with E-state index >= 15 is 0 Å². The maximum absolute atomic E-state index is 13.4. The van der Waals surface area contributed by atoms with Gasteiger partial charge in [0, 0.05) is 44.3 Å². The smallest absolute Gasteiger partial charge is 0.270 e. The van der Waals surface area contributed by atoms with Crippen LogP contribution in [0.25, 0.3) is 6.08 Å². The predicted molar refractivity (Wildman–Crippen MR) is 137 cm³/mol. The number of thioether (sulfide) groups is 1. The van der Waals surface area contributed by atoms with E-state index in [-0.39, 0.29) is 23.1 Å². The van der Waals surface area contributed by atoms with Crippen LogP contribution >= 0.6 is 24.0 Å². The highest BCUT2D eigenvalue weighted by Gasteiger charge is 2.38. The van der Waals surface area contributed by atoms with Gasteiger partial charge in [0.2, 0.25) is 0 Å². The fraction of sp³-hybridized carbons (Fsp3) is 0.583. The van der Waals surface area contributed by atoms with Crippen LogP contribution in [0.15, 0.2) is 9.70 Å². The summed E-state index contributed by atoms with van der Waals surface area (Å²) >= 11 is 6.93. The zero-order valence-corrected chi connectivity index (χ0v) is 21.2. The average molecular weight is 486 g/mol. The highest BCUT2D eigenvalue weighted by Crippen LogP contribution is 2.39. The molecule has 4 rings (SSSR count). The Morgan fingerprint density at radius 3 is 2.45 bits per heavy atom. The normalized spacial score (nSPS) is 21.5. The molecule has 0 spiro atoms. The number of aromatic nitrogens is 1. The van der Waals surface area contributed by atoms with E-state index in [1.807, 2.05) is 19.9 Å². The molecular weight excluding hydrogens is 454 g/mol. The number of rotatable bonds is 5. The Hall–Kier alpha value is -2.15. The molecule has 1 aromatic rings. The lowest BCUT2D eigenvalue weighted by Gasteiger charge is -2.36. The van der Waals surface area contributed by atoms with Crippen molar-refractivity contribution >= 4 is 46.1 Å². The van der Waals surface area contributed by atoms with Gasteiger partial charge in [0.05, 0.1) is 4.91 Å². The van der Waals surface area contributed by atoms with Gasteiger partial charge in [-0.3, -0.25) is 19.1 Å². The number of pyridine rings is 1. The fourth-order valence-corrected chi connectivity index (χ4v) is 6.40. The second-order valence-corrected chi connectivity index (χ2v) is 10.8. The summed E-state index contributed by atoms with van der Waals surface area (Å²) in [5, 5.41) is 9.79. The molecule has 3 heterocycles. The second kappa shape index (κ2) is 10.00. The van der Waals surface area contributed by atoms with E-state index in [4.69, 9.17) is 12.2 Å². The third-order valence-electron chi connectivity index (χ3n) is 6.89. The van der Waals surface area contributed by atoms with Crippen LogP contribution < -0.4 is 10.5 Å². The fourth-order valence-electron chi connectivity index (χ4n) is 5.02. The lowest BCUT2D eigenvalue weighted by molar-refractivity contribution is -0.123. The zero-order chi connectivity index (χ0) is 23.7. The molecule has 176 valence electrons. The largest absolute Gasteiger partial charge is 0.355 e. The molecule has 2 saturated heterocycles. The molecule has 3 fully saturated rings. The third-order valence-corrected chi connectivity index (χ3v) is 8.22. The van der Waals surface area contributed by atoms with Gasteiger partial charge in [0.1, 0.15) is 21.8 Å². The van der Waals surface area contributed by atoms with Crippen molar-refractivity contribution in [3.8, 4) is 6.07 Å². The number of amides is 1. The second-order valence-electron chi connectivity index (χ2n) is 9.09. The molecule has 1 amide bonds. The molecular formula is C24H31N5O2S2. The van der Waals surface area contributed by atoms with Crippen molar-refractivity contribution in [3.63, 3.8) is 0 Å². The number of piperazine rings is 1. The summed E-state index contributed by atoms with van der Waals surface area (Å²) in [7, 11) is 2.09. The van der Waals surface area contributed by atoms with Gasteiger partial charge in [-0.05, 0) is 44.9 Å². The number of hydrogen-bond acceptors (Lipinski definition) is 7. The number of carbonyl (C=O) groups is 1. The quantitative estimate of drug-likeness (QED) is 0.468. The Kier molecular flexibility index (Phi) is 7.27. The van der Waals surface area contributed by atoms with Crippen LogP contribution in [0.2, 0.25) is 0 Å². The zero-order valence-electron chi connectivity index (χ0n) is 19.6. The van der Waals surface area contributed by atoms with Gasteiger partial charge in [0.25, 0.3) is 11.5 Å². The molecule has 33 heavy (non-hydrogen) atoms. The summed E-state index contributed by atoms with van der Waals surface area (Å²) in [6.07, 6.45) is 6.89. The molecule has 0 aromatic carbocycles. The molecule has 2 aliphatic heterocycles. The standard InChI is InChI=1S/C24H31N5O2S2/c1-4-9-28-21(27-12-10-26(3)11-13-27)18(16(2)19(15-25)22(28)30)14-20-23(31)29(24(32)33-20)17-7-5-6-8-17/h14,17H,4-13H2,1-3H3/b20-14-. The Labute approximate surface area is 205 Å². The van der Waals surface area contributed by atoms with Crippen LogP contribution in [0, 0.1) is 18.3 Å². The van der Waals surface area contributed by atoms with Crippen molar-refractivity contribution in [1.82, 2.24) is 14.4 Å². The first-order valence-electron chi connectivity index (χ1n) is 11.7. The highest BCUT2D eigenvalue weighted by molar-refractivity contribution is 8.26. The van der Waals surface area contributed by atoms with E-state index in [9.17, 15) is 14.9 Å². The minimum Gasteiger partial charge on any atom is -0.355 e. The summed E-state index contributed by atoms with van der Waals surface area (Å²) in [5.74, 6) is 0.768. The molecule has 0 N–H and O–H groups in total. The van der Waals surface area contributed by atoms with E-state index in [0.29, 0.717) is 21.3 Å². The minimum atomic E-state index is -0.249. The van der Waals surface area contributed by atoms with E-state index in [1.165, 1.54) is 11.8 Å². The summed E-state index contributed by atoms with van der Waals surface area (Å²) in [6, 6.07) is 2.31. The summed E-state index contributed by atoms with van der Waals surface area (Å²) in [5.41, 5.74) is 1.33. The first-order chi connectivity index (χ1) is 15.9. The monoisotopic (exact) mass is 485 g/mol. The van der Waals surface area contributed by atoms with Gasteiger partial charge in [-0.1, -0.05) is 43.7 Å². The molecule has 7 nitrogen and oxygen atoms in total. The molecule has 0 bridgehead atoms. The Balaban J connectivity index is 1.85. The Morgan fingerprint density at radius 1 is 1.18 bits per heavy atom. The van der Waals surface area contributed by atoms with Gasteiger partial charge in [-0.2, -0.15) is 5.26 Å². The molecule has 1 saturated carbocycles. The molecule has 0 unspecified atom stereocenters. The first-order valence-corrected chi connectivity index (χ1v) is 13.0. The third kappa shape index (κ3) is 4.48. The number of nitrogens with zero attached hydrogens (tertiary/aromatic N) is 5. The van der Waals surface area contributed by atoms with Crippen molar-refractivity contribution in [2.75, 3.05) is 38.1 Å². The molecule has 1 aliphatic carbocycles. The number of likely N-dealkylation sites (N-methyl/N-ethyl adjacent to an activating group) is 1. The van der Waals surface area contributed by atoms with E-state index in [2.05, 4.69) is 22.9 Å². The highest BCUT2D eigenvalue weighted by atomic mass is 32.2. The molecule has 1 aromatic heterocycles. The van der Waals surface area contributed by atoms with E-state index < -0.39 is 0 Å². The van der Waals surface area contributed by atoms with Crippen molar-refractivity contribution in [2.45, 2.75) is 58.5 Å². The average Bonchev–Trinajstić information content (AvgIpc) is 3.40. The number of anilines is 1. The van der Waals surface area contributed by atoms with Crippen LogP contribution in [0.1, 0.15) is 55.7 Å². The van der Waals surface area contributed by atoms with Gasteiger partial charge in [-0.15, -0.1) is 0 Å². The van der Waals surface area contributed by atoms with Crippen LogP contribution in [0.5, 0.6) is 0 Å². The van der Waals surface area contributed by atoms with E-state index in [1.54, 1.807) is 9.47 Å². The number of carbonyl (C=O) groups excluding carboxylic acids is 1. The summed E-state index contributed by atoms with van der Waals surface area (Å²) < 4.78 is 2.35. The lowest BCUT2D eigenvalue weighted by atomic mass is 10.0. The Morgan fingerprint density at radius 2 is 1.85 bits per heavy atom. The minimum absolute atomic E-state index is 0.0487. The maximum Gasteiger partial charge on any atom is 0.270 e. The van der Waals surface area contributed by atoms with E-state index in [0.717, 1.165) is 69.7 Å². The Bertz CT molecular complexity index is 1090. The topological polar surface area (TPSA) is 72.6 Å². The summed E-state index contributed by atoms with van der Waals surface area (Å²) in [4.78, 5) is 33.5. The SMILES string of the molecule is CCCn1c(N2CCN(C)CC2)c(/C=C2\SC(=S)N(C3CCCC3)C2=O)c(C)c(C#N)c1=O. The van der Waals surface area contributed by atoms with Crippen molar-refractivity contribution < 1.29 is 4.79 Å². The van der Waals surface area contributed by atoms with Gasteiger partial charge in [-0.25, -0.2) is 0 Å². The lowest BCUT2D eigenvalue weighted by Crippen LogP contribution is -2.47. The summed E-state index contributed by atoms with van der Waals surface area (Å²) in [6.45, 7) is 7.73.